The van der Waals surface area contributed by atoms with E-state index in [-0.39, 0.29) is 0 Å². The van der Waals surface area contributed by atoms with Gasteiger partial charge in [0, 0.05) is 16.5 Å². The topological polar surface area (TPSA) is 121 Å². The van der Waals surface area contributed by atoms with E-state index < -0.39 is 5.91 Å². The van der Waals surface area contributed by atoms with E-state index in [2.05, 4.69) is 4.98 Å². The molecule has 1 aromatic carbocycles. The van der Waals surface area contributed by atoms with Crippen molar-refractivity contribution < 1.29 is 4.79 Å². The third kappa shape index (κ3) is 3.30. The maximum absolute atomic E-state index is 11.8. The van der Waals surface area contributed by atoms with Crippen molar-refractivity contribution in [3.8, 4) is 32.3 Å². The van der Waals surface area contributed by atoms with Gasteiger partial charge in [0.05, 0.1) is 10.0 Å². The Kier molecular flexibility index (Phi) is 4.60. The largest absolute Gasteiger partial charge is 0.382 e. The van der Waals surface area contributed by atoms with E-state index in [0.29, 0.717) is 25.7 Å². The first-order valence-corrected chi connectivity index (χ1v) is 10.5. The molecule has 1 amide bonds. The van der Waals surface area contributed by atoms with Crippen LogP contribution in [0, 0.1) is 0 Å². The van der Waals surface area contributed by atoms with Crippen molar-refractivity contribution in [1.29, 1.82) is 0 Å². The van der Waals surface area contributed by atoms with Crippen molar-refractivity contribution in [2.45, 2.75) is 0 Å². The second kappa shape index (κ2) is 6.93. The standard InChI is InChI=1S/C17H12ClN5OS3/c18-11-5-9(12(26-11)15(20)24)7-3-1-2-4-8(7)10-6-25-16(22-10)13-14(19)23-17(21)27-13/h1-6H,19H2,(H2,20,24)(H2,21,23). The zero-order valence-electron chi connectivity index (χ0n) is 13.6. The average molecular weight is 434 g/mol. The SMILES string of the molecule is NC(=O)c1sc(Cl)cc1-c1ccccc1-c1csc(-c2sc(N)nc2N)n1. The van der Waals surface area contributed by atoms with Gasteiger partial charge in [0.25, 0.3) is 5.91 Å². The minimum Gasteiger partial charge on any atom is -0.382 e. The lowest BCUT2D eigenvalue weighted by Crippen LogP contribution is -2.09. The van der Waals surface area contributed by atoms with Crippen LogP contribution in [-0.2, 0) is 0 Å². The molecule has 27 heavy (non-hydrogen) atoms. The Bertz CT molecular complexity index is 1160. The van der Waals surface area contributed by atoms with Crippen LogP contribution in [0.2, 0.25) is 4.34 Å². The Morgan fingerprint density at radius 1 is 1.04 bits per heavy atom. The van der Waals surface area contributed by atoms with Crippen LogP contribution in [0.3, 0.4) is 0 Å². The molecule has 10 heteroatoms. The summed E-state index contributed by atoms with van der Waals surface area (Å²) in [6.07, 6.45) is 0. The van der Waals surface area contributed by atoms with Gasteiger partial charge in [-0.05, 0) is 11.6 Å². The number of rotatable bonds is 4. The molecule has 0 bridgehead atoms. The molecule has 0 aliphatic heterocycles. The number of carbonyl (C=O) groups is 1. The quantitative estimate of drug-likeness (QED) is 0.435. The van der Waals surface area contributed by atoms with Crippen LogP contribution < -0.4 is 17.2 Å². The fourth-order valence-electron chi connectivity index (χ4n) is 2.69. The molecule has 0 spiro atoms. The molecule has 0 aliphatic carbocycles. The van der Waals surface area contributed by atoms with Gasteiger partial charge < -0.3 is 17.2 Å². The van der Waals surface area contributed by atoms with Crippen LogP contribution in [0.25, 0.3) is 32.3 Å². The first-order valence-electron chi connectivity index (χ1n) is 7.60. The lowest BCUT2D eigenvalue weighted by Gasteiger charge is -2.07. The summed E-state index contributed by atoms with van der Waals surface area (Å²) in [5.41, 5.74) is 20.3. The Morgan fingerprint density at radius 2 is 1.78 bits per heavy atom. The number of amides is 1. The van der Waals surface area contributed by atoms with E-state index in [0.717, 1.165) is 38.0 Å². The first-order chi connectivity index (χ1) is 12.9. The van der Waals surface area contributed by atoms with E-state index in [1.165, 1.54) is 22.7 Å². The molecule has 0 unspecified atom stereocenters. The molecule has 0 saturated carbocycles. The van der Waals surface area contributed by atoms with Gasteiger partial charge in [-0.25, -0.2) is 9.97 Å². The van der Waals surface area contributed by atoms with Gasteiger partial charge in [-0.15, -0.1) is 22.7 Å². The predicted octanol–water partition coefficient (Wildman–Crippen LogP) is 4.58. The minimum atomic E-state index is -0.511. The molecule has 136 valence electrons. The van der Waals surface area contributed by atoms with E-state index >= 15 is 0 Å². The molecule has 3 heterocycles. The molecule has 0 aliphatic rings. The van der Waals surface area contributed by atoms with Crippen LogP contribution in [0.1, 0.15) is 9.67 Å². The normalized spacial score (nSPS) is 11.0. The number of nitrogens with zero attached hydrogens (tertiary/aromatic N) is 2. The van der Waals surface area contributed by atoms with Gasteiger partial charge in [0.1, 0.15) is 20.6 Å². The van der Waals surface area contributed by atoms with Crippen molar-refractivity contribution in [3.63, 3.8) is 0 Å². The van der Waals surface area contributed by atoms with Crippen LogP contribution >= 0.6 is 45.6 Å². The zero-order valence-corrected chi connectivity index (χ0v) is 16.8. The molecule has 4 aromatic rings. The second-order valence-electron chi connectivity index (χ2n) is 5.51. The summed E-state index contributed by atoms with van der Waals surface area (Å²) in [4.78, 5) is 21.7. The summed E-state index contributed by atoms with van der Waals surface area (Å²) in [6.45, 7) is 0. The number of thiophene rings is 1. The first kappa shape index (κ1) is 17.9. The molecule has 6 N–H and O–H groups in total. The van der Waals surface area contributed by atoms with E-state index in [9.17, 15) is 4.79 Å². The molecule has 4 rings (SSSR count). The molecular formula is C17H12ClN5OS3. The molecule has 6 nitrogen and oxygen atoms in total. The summed E-state index contributed by atoms with van der Waals surface area (Å²) in [5, 5.41) is 3.07. The summed E-state index contributed by atoms with van der Waals surface area (Å²) < 4.78 is 0.500. The lowest BCUT2D eigenvalue weighted by molar-refractivity contribution is 0.100. The van der Waals surface area contributed by atoms with Crippen LogP contribution in [0.15, 0.2) is 35.7 Å². The number of nitrogen functional groups attached to an aromatic ring is 2. The van der Waals surface area contributed by atoms with E-state index in [1.54, 1.807) is 6.07 Å². The maximum atomic E-state index is 11.8. The number of halogens is 1. The van der Waals surface area contributed by atoms with Crippen LogP contribution in [-0.4, -0.2) is 15.9 Å². The van der Waals surface area contributed by atoms with Crippen LogP contribution in [0.5, 0.6) is 0 Å². The molecule has 0 atom stereocenters. The zero-order chi connectivity index (χ0) is 19.1. The second-order valence-corrected chi connectivity index (χ2v) is 9.08. The van der Waals surface area contributed by atoms with Gasteiger partial charge in [0.2, 0.25) is 0 Å². The minimum absolute atomic E-state index is 0.368. The summed E-state index contributed by atoms with van der Waals surface area (Å²) >= 11 is 10.0. The van der Waals surface area contributed by atoms with Crippen molar-refractivity contribution in [2.75, 3.05) is 11.5 Å². The molecule has 0 saturated heterocycles. The number of hydrogen-bond acceptors (Lipinski definition) is 8. The van der Waals surface area contributed by atoms with Gasteiger partial charge >= 0.3 is 0 Å². The van der Waals surface area contributed by atoms with Gasteiger partial charge in [0.15, 0.2) is 5.13 Å². The van der Waals surface area contributed by atoms with Crippen molar-refractivity contribution in [3.05, 3.63) is 44.9 Å². The fourth-order valence-corrected chi connectivity index (χ4v) is 5.45. The van der Waals surface area contributed by atoms with Crippen LogP contribution in [0.4, 0.5) is 10.9 Å². The Balaban J connectivity index is 1.84. The van der Waals surface area contributed by atoms with Gasteiger partial charge in [-0.1, -0.05) is 47.2 Å². The summed E-state index contributed by atoms with van der Waals surface area (Å²) in [7, 11) is 0. The number of aromatic nitrogens is 2. The van der Waals surface area contributed by atoms with Crippen molar-refractivity contribution in [1.82, 2.24) is 9.97 Å². The number of carbonyl (C=O) groups excluding carboxylic acids is 1. The number of primary amides is 1. The Labute approximate surface area is 171 Å². The predicted molar refractivity (Wildman–Crippen MR) is 114 cm³/mol. The highest BCUT2D eigenvalue weighted by atomic mass is 35.5. The van der Waals surface area contributed by atoms with Gasteiger partial charge in [-0.3, -0.25) is 4.79 Å². The third-order valence-electron chi connectivity index (χ3n) is 3.79. The van der Waals surface area contributed by atoms with Gasteiger partial charge in [-0.2, -0.15) is 0 Å². The average Bonchev–Trinajstić information content (AvgIpc) is 3.33. The number of thiazole rings is 2. The smallest absolute Gasteiger partial charge is 0.259 e. The molecule has 0 radical (unpaired) electrons. The number of benzene rings is 1. The van der Waals surface area contributed by atoms with E-state index in [4.69, 9.17) is 33.8 Å². The van der Waals surface area contributed by atoms with E-state index in [1.807, 2.05) is 29.6 Å². The number of anilines is 2. The maximum Gasteiger partial charge on any atom is 0.259 e. The highest BCUT2D eigenvalue weighted by Gasteiger charge is 2.20. The molecule has 3 aromatic heterocycles. The highest BCUT2D eigenvalue weighted by Crippen LogP contribution is 2.41. The fraction of sp³-hybridized carbons (Fsp3) is 0. The number of hydrogen-bond donors (Lipinski definition) is 3. The molecular weight excluding hydrogens is 422 g/mol. The summed E-state index contributed by atoms with van der Waals surface area (Å²) in [6, 6.07) is 9.41. The Hall–Kier alpha value is -2.46. The van der Waals surface area contributed by atoms with Crippen molar-refractivity contribution in [2.24, 2.45) is 5.73 Å². The van der Waals surface area contributed by atoms with Crippen molar-refractivity contribution >= 4 is 62.5 Å². The molecule has 0 fully saturated rings. The monoisotopic (exact) mass is 433 g/mol. The Morgan fingerprint density at radius 3 is 2.44 bits per heavy atom. The summed E-state index contributed by atoms with van der Waals surface area (Å²) in [5.74, 6) is -0.143. The lowest BCUT2D eigenvalue weighted by atomic mass is 9.98. The third-order valence-corrected chi connectivity index (χ3v) is 6.96. The highest BCUT2D eigenvalue weighted by molar-refractivity contribution is 7.23. The number of nitrogens with two attached hydrogens (primary N) is 3.